The minimum absolute atomic E-state index is 0.0669. The average molecular weight is 403 g/mol. The summed E-state index contributed by atoms with van der Waals surface area (Å²) >= 11 is 6.93. The highest BCUT2D eigenvalue weighted by molar-refractivity contribution is 8.15. The number of aliphatic imine (C=N–C) groups is 1. The number of methoxy groups -OCH3 is 1. The van der Waals surface area contributed by atoms with Crippen LogP contribution in [0.15, 0.2) is 29.3 Å². The highest BCUT2D eigenvalue weighted by Gasteiger charge is 2.48. The molecule has 0 radical (unpaired) electrons. The molecule has 0 aliphatic carbocycles. The molecule has 25 heavy (non-hydrogen) atoms. The van der Waals surface area contributed by atoms with Gasteiger partial charge in [-0.2, -0.15) is 4.99 Å². The van der Waals surface area contributed by atoms with Gasteiger partial charge in [-0.05, 0) is 24.1 Å². The van der Waals surface area contributed by atoms with E-state index in [4.69, 9.17) is 16.3 Å². The summed E-state index contributed by atoms with van der Waals surface area (Å²) in [6.07, 6.45) is 0.724. The van der Waals surface area contributed by atoms with E-state index in [2.05, 4.69) is 4.99 Å². The van der Waals surface area contributed by atoms with Crippen molar-refractivity contribution in [1.82, 2.24) is 4.90 Å². The molecule has 2 fully saturated rings. The minimum Gasteiger partial charge on any atom is -0.497 e. The third-order valence-electron chi connectivity index (χ3n) is 4.31. The van der Waals surface area contributed by atoms with Gasteiger partial charge in [0.2, 0.25) is 0 Å². The Hall–Kier alpha value is -1.25. The fourth-order valence-corrected chi connectivity index (χ4v) is 7.13. The number of fused-ring (bicyclic) bond motifs is 1. The quantitative estimate of drug-likeness (QED) is 0.696. The highest BCUT2D eigenvalue weighted by atomic mass is 35.5. The van der Waals surface area contributed by atoms with Crippen LogP contribution in [0.25, 0.3) is 0 Å². The van der Waals surface area contributed by atoms with E-state index in [0.29, 0.717) is 11.7 Å². The predicted octanol–water partition coefficient (Wildman–Crippen LogP) is 1.57. The van der Waals surface area contributed by atoms with Crippen molar-refractivity contribution < 1.29 is 17.9 Å². The molecule has 3 rings (SSSR count). The molecule has 1 amide bonds. The maximum absolute atomic E-state index is 11.9. The van der Waals surface area contributed by atoms with Gasteiger partial charge in [0.05, 0.1) is 24.7 Å². The summed E-state index contributed by atoms with van der Waals surface area (Å²) in [5.74, 6) is 0.458. The van der Waals surface area contributed by atoms with Gasteiger partial charge in [0.1, 0.15) is 11.6 Å². The number of carbonyl (C=O) groups excluding carboxylic acids is 1. The predicted molar refractivity (Wildman–Crippen MR) is 100 cm³/mol. The van der Waals surface area contributed by atoms with Gasteiger partial charge < -0.3 is 9.64 Å². The maximum Gasteiger partial charge on any atom is 0.262 e. The highest BCUT2D eigenvalue weighted by Crippen LogP contribution is 2.38. The third-order valence-corrected chi connectivity index (χ3v) is 7.79. The van der Waals surface area contributed by atoms with Crippen LogP contribution in [0.5, 0.6) is 5.75 Å². The number of sulfone groups is 1. The number of rotatable bonds is 5. The monoisotopic (exact) mass is 402 g/mol. The summed E-state index contributed by atoms with van der Waals surface area (Å²) in [6, 6.07) is 7.61. The second-order valence-electron chi connectivity index (χ2n) is 6.01. The number of hydrogen-bond acceptors (Lipinski definition) is 5. The summed E-state index contributed by atoms with van der Waals surface area (Å²) in [5.41, 5.74) is 1.11. The Balaban J connectivity index is 1.76. The van der Waals surface area contributed by atoms with Crippen LogP contribution in [0.2, 0.25) is 0 Å². The largest absolute Gasteiger partial charge is 0.497 e. The number of thioether (sulfide) groups is 1. The lowest BCUT2D eigenvalue weighted by Crippen LogP contribution is -2.39. The number of amidine groups is 1. The minimum atomic E-state index is -3.03. The van der Waals surface area contributed by atoms with E-state index in [1.165, 1.54) is 11.8 Å². The van der Waals surface area contributed by atoms with Crippen molar-refractivity contribution in [3.8, 4) is 5.75 Å². The molecule has 9 heteroatoms. The van der Waals surface area contributed by atoms with Gasteiger partial charge in [-0.1, -0.05) is 23.9 Å². The molecule has 1 aromatic carbocycles. The Kier molecular flexibility index (Phi) is 5.60. The van der Waals surface area contributed by atoms with E-state index < -0.39 is 15.7 Å². The molecule has 2 atom stereocenters. The number of ether oxygens (including phenoxy) is 1. The SMILES string of the molecule is COc1ccc(CCN2C(=NC(=O)CCl)S[C@H]3CS(=O)(=O)C[C@@H]32)cc1. The van der Waals surface area contributed by atoms with E-state index in [1.54, 1.807) is 7.11 Å². The number of benzene rings is 1. The van der Waals surface area contributed by atoms with Gasteiger partial charge >= 0.3 is 0 Å². The van der Waals surface area contributed by atoms with Gasteiger partial charge in [0, 0.05) is 11.8 Å². The zero-order valence-electron chi connectivity index (χ0n) is 13.7. The molecular formula is C16H19ClN2O4S2. The molecule has 6 nitrogen and oxygen atoms in total. The first-order chi connectivity index (χ1) is 11.9. The molecule has 0 bridgehead atoms. The van der Waals surface area contributed by atoms with Crippen LogP contribution >= 0.6 is 23.4 Å². The van der Waals surface area contributed by atoms with Crippen LogP contribution in [-0.2, 0) is 21.1 Å². The Bertz CT molecular complexity index is 780. The molecule has 2 aliphatic heterocycles. The second-order valence-corrected chi connectivity index (χ2v) is 9.64. The van der Waals surface area contributed by atoms with Crippen molar-refractivity contribution >= 4 is 44.3 Å². The summed E-state index contributed by atoms with van der Waals surface area (Å²) in [5, 5.41) is 0.520. The number of amides is 1. The lowest BCUT2D eigenvalue weighted by molar-refractivity contribution is -0.115. The van der Waals surface area contributed by atoms with Crippen molar-refractivity contribution in [3.63, 3.8) is 0 Å². The Morgan fingerprint density at radius 1 is 1.36 bits per heavy atom. The first-order valence-corrected chi connectivity index (χ1v) is 11.1. The fraction of sp³-hybridized carbons (Fsp3) is 0.500. The number of nitrogens with zero attached hydrogens (tertiary/aromatic N) is 2. The summed E-state index contributed by atoms with van der Waals surface area (Å²) in [4.78, 5) is 17.6. The van der Waals surface area contributed by atoms with E-state index in [0.717, 1.165) is 17.7 Å². The number of hydrogen-bond donors (Lipinski definition) is 0. The topological polar surface area (TPSA) is 76.0 Å². The van der Waals surface area contributed by atoms with Gasteiger partial charge in [0.25, 0.3) is 5.91 Å². The van der Waals surface area contributed by atoms with Crippen molar-refractivity contribution in [2.45, 2.75) is 17.7 Å². The maximum atomic E-state index is 11.9. The first-order valence-electron chi connectivity index (χ1n) is 7.86. The van der Waals surface area contributed by atoms with Crippen molar-refractivity contribution in [2.75, 3.05) is 31.0 Å². The number of carbonyl (C=O) groups is 1. The molecule has 2 heterocycles. The molecule has 136 valence electrons. The van der Waals surface area contributed by atoms with Crippen molar-refractivity contribution in [1.29, 1.82) is 0 Å². The summed E-state index contributed by atoms with van der Waals surface area (Å²) in [7, 11) is -1.41. The van der Waals surface area contributed by atoms with Gasteiger partial charge in [0.15, 0.2) is 15.0 Å². The van der Waals surface area contributed by atoms with Crippen LogP contribution in [0.1, 0.15) is 5.56 Å². The summed E-state index contributed by atoms with van der Waals surface area (Å²) < 4.78 is 29.0. The summed E-state index contributed by atoms with van der Waals surface area (Å²) in [6.45, 7) is 0.602. The molecular weight excluding hydrogens is 384 g/mol. The standard InChI is InChI=1S/C16H19ClN2O4S2/c1-23-12-4-2-11(3-5-12)6-7-19-13-9-25(21,22)10-14(13)24-16(19)18-15(20)8-17/h2-5,13-14H,6-10H2,1H3/t13-,14-/m0/s1. The fourth-order valence-electron chi connectivity index (χ4n) is 3.08. The molecule has 1 aromatic rings. The van der Waals surface area contributed by atoms with Gasteiger partial charge in [-0.15, -0.1) is 11.6 Å². The zero-order valence-corrected chi connectivity index (χ0v) is 16.1. The van der Waals surface area contributed by atoms with Crippen LogP contribution in [0, 0.1) is 0 Å². The molecule has 0 spiro atoms. The van der Waals surface area contributed by atoms with Gasteiger partial charge in [-0.25, -0.2) is 8.42 Å². The van der Waals surface area contributed by atoms with Crippen LogP contribution in [-0.4, -0.2) is 66.7 Å². The number of halogens is 1. The first kappa shape index (κ1) is 18.5. The van der Waals surface area contributed by atoms with Crippen molar-refractivity contribution in [2.24, 2.45) is 4.99 Å². The van der Waals surface area contributed by atoms with E-state index in [9.17, 15) is 13.2 Å². The molecule has 0 N–H and O–H groups in total. The van der Waals surface area contributed by atoms with E-state index >= 15 is 0 Å². The molecule has 0 saturated carbocycles. The molecule has 0 aromatic heterocycles. The van der Waals surface area contributed by atoms with Crippen LogP contribution in [0.3, 0.4) is 0 Å². The molecule has 2 saturated heterocycles. The Morgan fingerprint density at radius 2 is 2.08 bits per heavy atom. The smallest absolute Gasteiger partial charge is 0.262 e. The lowest BCUT2D eigenvalue weighted by atomic mass is 10.1. The normalized spacial score (nSPS) is 26.0. The average Bonchev–Trinajstić information content (AvgIpc) is 3.04. The number of alkyl halides is 1. The van der Waals surface area contributed by atoms with Crippen LogP contribution in [0.4, 0.5) is 0 Å². The molecule has 0 unspecified atom stereocenters. The van der Waals surface area contributed by atoms with E-state index in [-0.39, 0.29) is 28.7 Å². The second kappa shape index (κ2) is 7.55. The zero-order chi connectivity index (χ0) is 18.0. The van der Waals surface area contributed by atoms with Crippen LogP contribution < -0.4 is 4.74 Å². The van der Waals surface area contributed by atoms with Crippen molar-refractivity contribution in [3.05, 3.63) is 29.8 Å². The van der Waals surface area contributed by atoms with E-state index in [1.807, 2.05) is 29.2 Å². The third kappa shape index (κ3) is 4.30. The van der Waals surface area contributed by atoms with Gasteiger partial charge in [-0.3, -0.25) is 4.79 Å². The Labute approximate surface area is 156 Å². The molecule has 2 aliphatic rings. The lowest BCUT2D eigenvalue weighted by Gasteiger charge is -2.24. The Morgan fingerprint density at radius 3 is 2.72 bits per heavy atom.